The maximum absolute atomic E-state index is 8.85. The molecule has 5 N–H and O–H groups in total. The molecule has 0 saturated carbocycles. The topological polar surface area (TPSA) is 100 Å². The first-order valence-electron chi connectivity index (χ1n) is 5.66. The van der Waals surface area contributed by atoms with Crippen molar-refractivity contribution in [2.45, 2.75) is 6.92 Å². The van der Waals surface area contributed by atoms with Gasteiger partial charge in [-0.25, -0.2) is 0 Å². The smallest absolute Gasteiger partial charge is 0.101 e. The van der Waals surface area contributed by atoms with Crippen molar-refractivity contribution in [2.75, 3.05) is 24.1 Å². The Bertz CT molecular complexity index is 497. The Morgan fingerprint density at radius 3 is 3.00 bits per heavy atom. The zero-order valence-corrected chi connectivity index (χ0v) is 10.4. The van der Waals surface area contributed by atoms with Gasteiger partial charge in [0.15, 0.2) is 0 Å². The molecule has 0 bridgehead atoms. The molecular formula is C13H17N5. The summed E-state index contributed by atoms with van der Waals surface area (Å²) in [5.41, 5.74) is 13.9. The van der Waals surface area contributed by atoms with Crippen LogP contribution < -0.4 is 16.8 Å². The van der Waals surface area contributed by atoms with Crippen molar-refractivity contribution in [3.8, 4) is 6.07 Å². The van der Waals surface area contributed by atoms with Crippen LogP contribution in [-0.2, 0) is 0 Å². The Kier molecular flexibility index (Phi) is 5.26. The zero-order valence-electron chi connectivity index (χ0n) is 10.4. The van der Waals surface area contributed by atoms with Crippen LogP contribution in [0.1, 0.15) is 12.5 Å². The number of para-hydroxylation sites is 1. The fourth-order valence-electron chi connectivity index (χ4n) is 1.33. The molecule has 0 spiro atoms. The third-order valence-electron chi connectivity index (χ3n) is 2.29. The molecule has 94 valence electrons. The van der Waals surface area contributed by atoms with Crippen LogP contribution in [0.5, 0.6) is 0 Å². The van der Waals surface area contributed by atoms with E-state index in [1.165, 1.54) is 0 Å². The highest BCUT2D eigenvalue weighted by atomic mass is 14.9. The molecule has 5 nitrogen and oxygen atoms in total. The van der Waals surface area contributed by atoms with Gasteiger partial charge in [-0.05, 0) is 25.1 Å². The molecule has 0 aliphatic carbocycles. The molecule has 18 heavy (non-hydrogen) atoms. The molecule has 0 saturated heterocycles. The van der Waals surface area contributed by atoms with Crippen molar-refractivity contribution in [3.63, 3.8) is 0 Å². The third kappa shape index (κ3) is 3.83. The van der Waals surface area contributed by atoms with Crippen LogP contribution in [0.15, 0.2) is 35.0 Å². The maximum atomic E-state index is 8.85. The van der Waals surface area contributed by atoms with Crippen LogP contribution in [0.3, 0.4) is 0 Å². The number of allylic oxidation sites excluding steroid dienone is 1. The van der Waals surface area contributed by atoms with Crippen molar-refractivity contribution in [1.82, 2.24) is 0 Å². The molecule has 0 unspecified atom stereocenters. The van der Waals surface area contributed by atoms with E-state index in [0.717, 1.165) is 6.54 Å². The van der Waals surface area contributed by atoms with Gasteiger partial charge in [0.1, 0.15) is 6.07 Å². The number of hydrogen-bond donors (Lipinski definition) is 3. The van der Waals surface area contributed by atoms with E-state index in [0.29, 0.717) is 29.2 Å². The number of nitrogens with one attached hydrogen (secondary N) is 1. The van der Waals surface area contributed by atoms with Crippen LogP contribution >= 0.6 is 0 Å². The summed E-state index contributed by atoms with van der Waals surface area (Å²) in [5, 5.41) is 11.9. The van der Waals surface area contributed by atoms with Crippen molar-refractivity contribution in [2.24, 2.45) is 10.7 Å². The summed E-state index contributed by atoms with van der Waals surface area (Å²) in [6.07, 6.45) is 3.41. The summed E-state index contributed by atoms with van der Waals surface area (Å²) >= 11 is 0. The number of nitrogens with two attached hydrogens (primary N) is 2. The molecule has 0 aromatic heterocycles. The van der Waals surface area contributed by atoms with Crippen LogP contribution in [0.2, 0.25) is 0 Å². The predicted octanol–water partition coefficient (Wildman–Crippen LogP) is 1.49. The van der Waals surface area contributed by atoms with Gasteiger partial charge in [-0.15, -0.1) is 0 Å². The summed E-state index contributed by atoms with van der Waals surface area (Å²) in [7, 11) is 0. The number of nitriles is 1. The standard InChI is InChI=1S/C13H17N5/c1-2-17-7-6-11(15)9-18-12-5-3-4-10(8-14)13(12)16/h3-7,18H,2,9,15-16H2,1H3. The lowest BCUT2D eigenvalue weighted by Crippen LogP contribution is -2.13. The van der Waals surface area contributed by atoms with Gasteiger partial charge in [-0.3, -0.25) is 4.99 Å². The summed E-state index contributed by atoms with van der Waals surface area (Å²) < 4.78 is 0. The van der Waals surface area contributed by atoms with Gasteiger partial charge in [0.2, 0.25) is 0 Å². The number of anilines is 2. The molecule has 5 heteroatoms. The summed E-state index contributed by atoms with van der Waals surface area (Å²) in [5.74, 6) is 0. The van der Waals surface area contributed by atoms with E-state index in [1.807, 2.05) is 19.1 Å². The number of nitrogens with zero attached hydrogens (tertiary/aromatic N) is 2. The number of nitrogen functional groups attached to an aromatic ring is 1. The lowest BCUT2D eigenvalue weighted by Gasteiger charge is -2.09. The Morgan fingerprint density at radius 2 is 2.33 bits per heavy atom. The van der Waals surface area contributed by atoms with Gasteiger partial charge >= 0.3 is 0 Å². The molecule has 1 aromatic carbocycles. The van der Waals surface area contributed by atoms with Gasteiger partial charge in [0.05, 0.1) is 23.5 Å². The quantitative estimate of drug-likeness (QED) is 0.538. The van der Waals surface area contributed by atoms with Crippen molar-refractivity contribution < 1.29 is 0 Å². The highest BCUT2D eigenvalue weighted by Gasteiger charge is 2.03. The molecule has 1 aromatic rings. The summed E-state index contributed by atoms with van der Waals surface area (Å²) in [6.45, 7) is 3.13. The second-order valence-corrected chi connectivity index (χ2v) is 3.62. The average Bonchev–Trinajstić information content (AvgIpc) is 2.38. The lowest BCUT2D eigenvalue weighted by atomic mass is 10.1. The van der Waals surface area contributed by atoms with Gasteiger partial charge in [0, 0.05) is 18.5 Å². The summed E-state index contributed by atoms with van der Waals surface area (Å²) in [6, 6.07) is 7.29. The van der Waals surface area contributed by atoms with Crippen molar-refractivity contribution >= 4 is 17.6 Å². The van der Waals surface area contributed by atoms with E-state index < -0.39 is 0 Å². The van der Waals surface area contributed by atoms with E-state index in [4.69, 9.17) is 16.7 Å². The fraction of sp³-hybridized carbons (Fsp3) is 0.231. The van der Waals surface area contributed by atoms with Gasteiger partial charge in [-0.1, -0.05) is 6.07 Å². The molecule has 1 rings (SSSR count). The number of hydrogen-bond acceptors (Lipinski definition) is 5. The monoisotopic (exact) mass is 243 g/mol. The maximum Gasteiger partial charge on any atom is 0.101 e. The van der Waals surface area contributed by atoms with Crippen LogP contribution in [0.4, 0.5) is 11.4 Å². The number of benzene rings is 1. The second-order valence-electron chi connectivity index (χ2n) is 3.62. The first kappa shape index (κ1) is 13.6. The van der Waals surface area contributed by atoms with Crippen molar-refractivity contribution in [3.05, 3.63) is 35.5 Å². The van der Waals surface area contributed by atoms with Crippen molar-refractivity contribution in [1.29, 1.82) is 5.26 Å². The van der Waals surface area contributed by atoms with E-state index in [9.17, 15) is 0 Å². The molecular weight excluding hydrogens is 226 g/mol. The number of rotatable bonds is 5. The molecule has 0 heterocycles. The third-order valence-corrected chi connectivity index (χ3v) is 2.29. The van der Waals surface area contributed by atoms with E-state index in [1.54, 1.807) is 24.4 Å². The minimum absolute atomic E-state index is 0.440. The van der Waals surface area contributed by atoms with Gasteiger partial charge < -0.3 is 16.8 Å². The van der Waals surface area contributed by atoms with E-state index in [2.05, 4.69) is 10.3 Å². The SMILES string of the molecule is CCN=CC=C(N)CNc1cccc(C#N)c1N. The van der Waals surface area contributed by atoms with Gasteiger partial charge in [0.25, 0.3) is 0 Å². The fourth-order valence-corrected chi connectivity index (χ4v) is 1.33. The molecule has 0 aliphatic heterocycles. The normalized spacial score (nSPS) is 11.4. The number of aliphatic imine (C=N–C) groups is 1. The largest absolute Gasteiger partial charge is 0.401 e. The van der Waals surface area contributed by atoms with Gasteiger partial charge in [-0.2, -0.15) is 5.26 Å². The average molecular weight is 243 g/mol. The first-order valence-corrected chi connectivity index (χ1v) is 5.66. The minimum Gasteiger partial charge on any atom is -0.401 e. The predicted molar refractivity (Wildman–Crippen MR) is 75.4 cm³/mol. The molecule has 0 amide bonds. The second kappa shape index (κ2) is 6.97. The Hall–Kier alpha value is -2.48. The van der Waals surface area contributed by atoms with Crippen LogP contribution in [0.25, 0.3) is 0 Å². The highest BCUT2D eigenvalue weighted by Crippen LogP contribution is 2.21. The minimum atomic E-state index is 0.440. The molecule has 0 atom stereocenters. The Balaban J connectivity index is 2.67. The van der Waals surface area contributed by atoms with E-state index >= 15 is 0 Å². The highest BCUT2D eigenvalue weighted by molar-refractivity contribution is 5.74. The zero-order chi connectivity index (χ0) is 13.4. The lowest BCUT2D eigenvalue weighted by molar-refractivity contribution is 1.13. The van der Waals surface area contributed by atoms with Crippen LogP contribution in [0, 0.1) is 11.3 Å². The Labute approximate surface area is 107 Å². The van der Waals surface area contributed by atoms with Crippen LogP contribution in [-0.4, -0.2) is 19.3 Å². The molecule has 0 radical (unpaired) electrons. The summed E-state index contributed by atoms with van der Waals surface area (Å²) in [4.78, 5) is 4.03. The Morgan fingerprint density at radius 1 is 1.56 bits per heavy atom. The first-order chi connectivity index (χ1) is 8.69. The molecule has 0 aliphatic rings. The van der Waals surface area contributed by atoms with E-state index in [-0.39, 0.29) is 0 Å². The molecule has 0 fully saturated rings.